The van der Waals surface area contributed by atoms with E-state index in [9.17, 15) is 15.0 Å². The molecule has 2 aliphatic heterocycles. The van der Waals surface area contributed by atoms with Crippen molar-refractivity contribution in [3.63, 3.8) is 0 Å². The van der Waals surface area contributed by atoms with Crippen LogP contribution in [0.15, 0.2) is 24.3 Å². The van der Waals surface area contributed by atoms with Crippen molar-refractivity contribution in [3.05, 3.63) is 29.8 Å². The monoisotopic (exact) mass is 305 g/mol. The van der Waals surface area contributed by atoms with Crippen LogP contribution < -0.4 is 0 Å². The van der Waals surface area contributed by atoms with E-state index in [1.165, 1.54) is 25.0 Å². The number of carbonyl (C=O) groups excluding carboxylic acids is 1. The van der Waals surface area contributed by atoms with Crippen molar-refractivity contribution < 1.29 is 19.7 Å². The summed E-state index contributed by atoms with van der Waals surface area (Å²) in [4.78, 5) is 14.8. The molecule has 2 N–H and O–H groups in total. The third-order valence-electron chi connectivity index (χ3n) is 5.10. The Morgan fingerprint density at radius 1 is 1.27 bits per heavy atom. The predicted octanol–water partition coefficient (Wildman–Crippen LogP) is 1.64. The van der Waals surface area contributed by atoms with Gasteiger partial charge in [0.15, 0.2) is 0 Å². The fourth-order valence-corrected chi connectivity index (χ4v) is 3.73. The number of fused-ring (bicyclic) bond motifs is 2. The third-order valence-corrected chi connectivity index (χ3v) is 5.10. The number of carbonyl (C=O) groups is 1. The molecule has 0 aliphatic carbocycles. The number of aliphatic hydroxyl groups excluding tert-OH is 1. The summed E-state index contributed by atoms with van der Waals surface area (Å²) < 4.78 is 5.67. The fourth-order valence-electron chi connectivity index (χ4n) is 3.73. The summed E-state index contributed by atoms with van der Waals surface area (Å²) >= 11 is 0. The average Bonchev–Trinajstić information content (AvgIpc) is 2.72. The lowest BCUT2D eigenvalue weighted by atomic mass is 9.98. The number of phenols is 1. The van der Waals surface area contributed by atoms with E-state index in [4.69, 9.17) is 4.74 Å². The number of ether oxygens (including phenoxy) is 1. The summed E-state index contributed by atoms with van der Waals surface area (Å²) in [5.41, 5.74) is 0.668. The maximum absolute atomic E-state index is 12.4. The molecule has 2 unspecified atom stereocenters. The standard InChI is InChI=1S/C17H23NO4/c1-18-12-4-5-13(18)9-15(8-12)22-17(21)16(10-19)11-2-6-14(20)7-3-11/h2-3,6-7,12-13,15-16,19-20H,4-5,8-10H2,1H3/t12-,13+,15?,16?. The van der Waals surface area contributed by atoms with Crippen LogP contribution in [-0.2, 0) is 9.53 Å². The summed E-state index contributed by atoms with van der Waals surface area (Å²) in [5, 5.41) is 18.9. The zero-order chi connectivity index (χ0) is 15.7. The number of rotatable bonds is 4. The zero-order valence-electron chi connectivity index (χ0n) is 12.8. The predicted molar refractivity (Wildman–Crippen MR) is 81.6 cm³/mol. The largest absolute Gasteiger partial charge is 0.508 e. The Bertz CT molecular complexity index is 516. The van der Waals surface area contributed by atoms with Gasteiger partial charge in [-0.05, 0) is 50.4 Å². The van der Waals surface area contributed by atoms with Crippen LogP contribution in [0, 0.1) is 0 Å². The molecule has 4 atom stereocenters. The molecule has 5 nitrogen and oxygen atoms in total. The van der Waals surface area contributed by atoms with Crippen LogP contribution in [0.25, 0.3) is 0 Å². The topological polar surface area (TPSA) is 70.0 Å². The molecule has 5 heteroatoms. The molecule has 2 saturated heterocycles. The Balaban J connectivity index is 1.64. The zero-order valence-corrected chi connectivity index (χ0v) is 12.8. The SMILES string of the molecule is CN1[C@@H]2CC[C@H]1CC(OC(=O)C(CO)c1ccc(O)cc1)C2. The van der Waals surface area contributed by atoms with Crippen LogP contribution in [0.4, 0.5) is 0 Å². The van der Waals surface area contributed by atoms with Gasteiger partial charge in [0, 0.05) is 12.1 Å². The van der Waals surface area contributed by atoms with E-state index in [-0.39, 0.29) is 24.4 Å². The van der Waals surface area contributed by atoms with Crippen molar-refractivity contribution in [3.8, 4) is 5.75 Å². The first kappa shape index (κ1) is 15.3. The first-order valence-electron chi connectivity index (χ1n) is 7.90. The van der Waals surface area contributed by atoms with Crippen molar-refractivity contribution in [2.75, 3.05) is 13.7 Å². The average molecular weight is 305 g/mol. The second kappa shape index (κ2) is 6.26. The maximum Gasteiger partial charge on any atom is 0.316 e. The van der Waals surface area contributed by atoms with Crippen LogP contribution in [0.3, 0.4) is 0 Å². The molecule has 2 aliphatic rings. The van der Waals surface area contributed by atoms with Gasteiger partial charge in [0.25, 0.3) is 0 Å². The highest BCUT2D eigenvalue weighted by Crippen LogP contribution is 2.36. The van der Waals surface area contributed by atoms with Crippen LogP contribution in [-0.4, -0.2) is 52.9 Å². The number of benzene rings is 1. The van der Waals surface area contributed by atoms with E-state index in [0.717, 1.165) is 12.8 Å². The van der Waals surface area contributed by atoms with Gasteiger partial charge >= 0.3 is 5.97 Å². The minimum Gasteiger partial charge on any atom is -0.508 e. The minimum absolute atomic E-state index is 0.0487. The Kier molecular flexibility index (Phi) is 4.36. The van der Waals surface area contributed by atoms with Crippen molar-refractivity contribution in [1.29, 1.82) is 0 Å². The molecule has 1 aromatic rings. The van der Waals surface area contributed by atoms with Crippen molar-refractivity contribution in [2.24, 2.45) is 0 Å². The third kappa shape index (κ3) is 2.96. The van der Waals surface area contributed by atoms with Crippen LogP contribution in [0.1, 0.15) is 37.2 Å². The number of phenolic OH excluding ortho intramolecular Hbond substituents is 1. The molecule has 2 fully saturated rings. The van der Waals surface area contributed by atoms with Gasteiger partial charge in [-0.3, -0.25) is 4.79 Å². The Hall–Kier alpha value is -1.59. The van der Waals surface area contributed by atoms with E-state index in [0.29, 0.717) is 17.6 Å². The van der Waals surface area contributed by atoms with Crippen molar-refractivity contribution in [2.45, 2.75) is 49.8 Å². The number of aliphatic hydroxyl groups is 1. The summed E-state index contributed by atoms with van der Waals surface area (Å²) in [6.45, 7) is -0.289. The van der Waals surface area contributed by atoms with Gasteiger partial charge in [-0.15, -0.1) is 0 Å². The van der Waals surface area contributed by atoms with E-state index in [1.54, 1.807) is 12.1 Å². The van der Waals surface area contributed by atoms with Gasteiger partial charge in [0.2, 0.25) is 0 Å². The first-order valence-corrected chi connectivity index (χ1v) is 7.90. The van der Waals surface area contributed by atoms with Gasteiger partial charge in [-0.25, -0.2) is 0 Å². The molecule has 0 aromatic heterocycles. The molecule has 0 radical (unpaired) electrons. The van der Waals surface area contributed by atoms with Crippen LogP contribution >= 0.6 is 0 Å². The molecular formula is C17H23NO4. The lowest BCUT2D eigenvalue weighted by molar-refractivity contribution is -0.155. The first-order chi connectivity index (χ1) is 10.6. The number of aromatic hydroxyl groups is 1. The van der Waals surface area contributed by atoms with Gasteiger partial charge in [0.05, 0.1) is 6.61 Å². The highest BCUT2D eigenvalue weighted by atomic mass is 16.5. The summed E-state index contributed by atoms with van der Waals surface area (Å²) in [5.74, 6) is -0.916. The van der Waals surface area contributed by atoms with Gasteiger partial charge in [-0.1, -0.05) is 12.1 Å². The van der Waals surface area contributed by atoms with Crippen LogP contribution in [0.2, 0.25) is 0 Å². The Labute approximate surface area is 130 Å². The van der Waals surface area contributed by atoms with Crippen molar-refractivity contribution in [1.82, 2.24) is 4.90 Å². The molecule has 0 saturated carbocycles. The Morgan fingerprint density at radius 3 is 2.41 bits per heavy atom. The number of hydrogen-bond acceptors (Lipinski definition) is 5. The molecule has 1 aromatic carbocycles. The smallest absolute Gasteiger partial charge is 0.316 e. The van der Waals surface area contributed by atoms with E-state index in [1.807, 2.05) is 0 Å². The highest BCUT2D eigenvalue weighted by molar-refractivity contribution is 5.78. The second-order valence-electron chi connectivity index (χ2n) is 6.41. The van der Waals surface area contributed by atoms with E-state index >= 15 is 0 Å². The molecule has 0 amide bonds. The lowest BCUT2D eigenvalue weighted by Crippen LogP contribution is -2.43. The number of piperidine rings is 1. The molecule has 3 rings (SSSR count). The second-order valence-corrected chi connectivity index (χ2v) is 6.41. The molecule has 0 spiro atoms. The molecule has 22 heavy (non-hydrogen) atoms. The maximum atomic E-state index is 12.4. The molecular weight excluding hydrogens is 282 g/mol. The summed E-state index contributed by atoms with van der Waals surface area (Å²) in [6.07, 6.45) is 4.07. The summed E-state index contributed by atoms with van der Waals surface area (Å²) in [7, 11) is 2.15. The van der Waals surface area contributed by atoms with Crippen molar-refractivity contribution >= 4 is 5.97 Å². The molecule has 2 heterocycles. The number of nitrogens with zero attached hydrogens (tertiary/aromatic N) is 1. The minimum atomic E-state index is -0.682. The molecule has 120 valence electrons. The molecule has 2 bridgehead atoms. The van der Waals surface area contributed by atoms with Gasteiger partial charge < -0.3 is 19.8 Å². The normalized spacial score (nSPS) is 29.3. The Morgan fingerprint density at radius 2 is 1.86 bits per heavy atom. The number of esters is 1. The van der Waals surface area contributed by atoms with Crippen LogP contribution in [0.5, 0.6) is 5.75 Å². The van der Waals surface area contributed by atoms with Gasteiger partial charge in [-0.2, -0.15) is 0 Å². The van der Waals surface area contributed by atoms with E-state index in [2.05, 4.69) is 11.9 Å². The summed E-state index contributed by atoms with van der Waals surface area (Å²) in [6, 6.07) is 7.35. The highest BCUT2D eigenvalue weighted by Gasteiger charge is 2.40. The van der Waals surface area contributed by atoms with Gasteiger partial charge in [0.1, 0.15) is 17.8 Å². The quantitative estimate of drug-likeness (QED) is 0.828. The lowest BCUT2D eigenvalue weighted by Gasteiger charge is -2.36. The van der Waals surface area contributed by atoms with E-state index < -0.39 is 5.92 Å². The fraction of sp³-hybridized carbons (Fsp3) is 0.588. The number of hydrogen-bond donors (Lipinski definition) is 2.